The molecule has 0 fully saturated rings. The zero-order valence-corrected chi connectivity index (χ0v) is 70.2. The Labute approximate surface area is 733 Å². The zero-order chi connectivity index (χ0) is 84.8. The van der Waals surface area contributed by atoms with Gasteiger partial charge in [0, 0.05) is 119 Å². The lowest BCUT2D eigenvalue weighted by Gasteiger charge is -2.12. The lowest BCUT2D eigenvalue weighted by atomic mass is 9.97. The highest BCUT2D eigenvalue weighted by atomic mass is 15.1. The SMILES string of the molecule is CCc1nc2c3c(-c4ccc(-c5cccc(-c6ccc7ccccc7c6)n5)cc4)nc4ccccc4c3ccc2n1-c1ccccc1.CCc1nc2c3c(-c4ccc(-c5cccc(-c6ccccc6)n5)cc4)nc4ccccc4c3ccc2n1-c1ccccc1.CCc1nc2c3c(-c4ccc(-c5ccccn5)cc4)nc4ccccc4c3ccc2n1-c1ccccc1. The standard InChI is InChI=1S/C43H30N4.C39H28N4.C33H24N4/c1-2-40-46-43-39(47(40)33-13-4-3-5-14-33)26-25-35-34-15-8-9-16-38(34)45-42(41(35)43)30-22-20-29(21-23-30)36-17-10-18-37(44-36)32-24-19-28-11-6-7-12-31(28)27-32;1-2-36-42-39-35(43(36)29-14-7-4-8-15-29)25-24-31-30-16-9-10-17-34(30)41-38(37(31)39)28-22-20-27(21-23-28)33-19-11-18-32(40-33)26-12-5-3-6-13-26;1-2-30-36-33-29(37(30)24-10-4-3-5-11-24)20-19-26-25-12-6-7-14-28(25)35-32(31(26)33)23-17-15-22(16-18-23)27-13-8-9-21-34-27/h3-27H,2H2,1H3;3-25H,2H2,1H3;3-21H,2H2,1H3. The Balaban J connectivity index is 0.000000113. The van der Waals surface area contributed by atoms with Gasteiger partial charge >= 0.3 is 0 Å². The third kappa shape index (κ3) is 14.1. The van der Waals surface area contributed by atoms with Crippen LogP contribution < -0.4 is 0 Å². The molecule has 0 aliphatic heterocycles. The van der Waals surface area contributed by atoms with Crippen LogP contribution in [0.15, 0.2) is 407 Å². The van der Waals surface area contributed by atoms with Crippen molar-refractivity contribution < 1.29 is 0 Å². The lowest BCUT2D eigenvalue weighted by molar-refractivity contribution is 0.908. The number of para-hydroxylation sites is 6. The van der Waals surface area contributed by atoms with Crippen LogP contribution in [0.5, 0.6) is 0 Å². The van der Waals surface area contributed by atoms with E-state index in [-0.39, 0.29) is 0 Å². The second-order valence-electron chi connectivity index (χ2n) is 31.8. The van der Waals surface area contributed by atoms with Crippen LogP contribution in [0.2, 0.25) is 0 Å². The number of rotatable bonds is 14. The molecule has 0 unspecified atom stereocenters. The fraction of sp³-hybridized carbons (Fsp3) is 0.0522. The van der Waals surface area contributed by atoms with Crippen molar-refractivity contribution in [3.8, 4) is 107 Å². The van der Waals surface area contributed by atoms with Crippen molar-refractivity contribution in [2.45, 2.75) is 40.0 Å². The molecule has 24 rings (SSSR count). The summed E-state index contributed by atoms with van der Waals surface area (Å²) in [5.41, 5.74) is 28.7. The van der Waals surface area contributed by atoms with Gasteiger partial charge in [-0.2, -0.15) is 0 Å². The quantitative estimate of drug-likeness (QED) is 0.0977. The van der Waals surface area contributed by atoms with Crippen molar-refractivity contribution in [3.05, 3.63) is 424 Å². The number of benzene rings is 15. The molecule has 602 valence electrons. The summed E-state index contributed by atoms with van der Waals surface area (Å²) in [6.45, 7) is 6.49. The minimum atomic E-state index is 0.821. The minimum absolute atomic E-state index is 0.821. The van der Waals surface area contributed by atoms with Gasteiger partial charge in [0.05, 0.1) is 95.2 Å². The summed E-state index contributed by atoms with van der Waals surface area (Å²) in [5, 5.41) is 12.6. The van der Waals surface area contributed by atoms with Crippen molar-refractivity contribution in [3.63, 3.8) is 0 Å². The second-order valence-corrected chi connectivity index (χ2v) is 31.8. The largest absolute Gasteiger partial charge is 0.296 e. The number of aryl methyl sites for hydroxylation is 3. The van der Waals surface area contributed by atoms with Crippen molar-refractivity contribution >= 4 is 109 Å². The molecule has 0 spiro atoms. The van der Waals surface area contributed by atoms with Crippen LogP contribution in [0.4, 0.5) is 0 Å². The monoisotopic (exact) mass is 1630 g/mol. The fourth-order valence-corrected chi connectivity index (χ4v) is 18.2. The molecule has 24 aromatic rings. The summed E-state index contributed by atoms with van der Waals surface area (Å²) in [4.78, 5) is 46.0. The van der Waals surface area contributed by atoms with E-state index in [0.29, 0.717) is 0 Å². The van der Waals surface area contributed by atoms with Crippen LogP contribution >= 0.6 is 0 Å². The van der Waals surface area contributed by atoms with Crippen LogP contribution in [0.25, 0.3) is 216 Å². The third-order valence-corrected chi connectivity index (χ3v) is 24.3. The number of nitrogens with zero attached hydrogens (tertiary/aromatic N) is 12. The Morgan fingerprint density at radius 1 is 0.205 bits per heavy atom. The van der Waals surface area contributed by atoms with Crippen LogP contribution in [0.3, 0.4) is 0 Å². The van der Waals surface area contributed by atoms with Crippen molar-refractivity contribution in [2.75, 3.05) is 0 Å². The summed E-state index contributed by atoms with van der Waals surface area (Å²) < 4.78 is 6.84. The Kier molecular flexibility index (Phi) is 19.9. The summed E-state index contributed by atoms with van der Waals surface area (Å²) in [7, 11) is 0. The first-order valence-electron chi connectivity index (χ1n) is 43.4. The normalized spacial score (nSPS) is 11.5. The van der Waals surface area contributed by atoms with Gasteiger partial charge in [-0.05, 0) is 142 Å². The Bertz CT molecular complexity index is 8280. The Hall–Kier alpha value is -16.6. The predicted octanol–water partition coefficient (Wildman–Crippen LogP) is 28.5. The maximum atomic E-state index is 5.28. The molecule has 0 N–H and O–H groups in total. The summed E-state index contributed by atoms with van der Waals surface area (Å²) in [5.74, 6) is 3.11. The van der Waals surface area contributed by atoms with Crippen LogP contribution in [-0.4, -0.2) is 58.6 Å². The smallest absolute Gasteiger partial charge is 0.114 e. The number of pyridine rings is 6. The number of imidazole rings is 3. The van der Waals surface area contributed by atoms with Crippen LogP contribution in [0.1, 0.15) is 38.2 Å². The van der Waals surface area contributed by atoms with E-state index in [9.17, 15) is 0 Å². The molecule has 0 aliphatic carbocycles. The van der Waals surface area contributed by atoms with Crippen molar-refractivity contribution in [1.29, 1.82) is 0 Å². The predicted molar refractivity (Wildman–Crippen MR) is 524 cm³/mol. The van der Waals surface area contributed by atoms with Gasteiger partial charge in [-0.1, -0.05) is 306 Å². The van der Waals surface area contributed by atoms with Crippen LogP contribution in [-0.2, 0) is 19.3 Å². The van der Waals surface area contributed by atoms with E-state index in [2.05, 4.69) is 391 Å². The van der Waals surface area contributed by atoms with Gasteiger partial charge in [0.2, 0.25) is 0 Å². The number of aromatic nitrogens is 12. The molecule has 0 amide bonds. The molecule has 0 atom stereocenters. The number of fused-ring (bicyclic) bond motifs is 16. The molecular formula is C115H82N12. The van der Waals surface area contributed by atoms with E-state index >= 15 is 0 Å². The van der Waals surface area contributed by atoms with Gasteiger partial charge in [0.1, 0.15) is 17.5 Å². The minimum Gasteiger partial charge on any atom is -0.296 e. The lowest BCUT2D eigenvalue weighted by Crippen LogP contribution is -1.99. The van der Waals surface area contributed by atoms with E-state index in [0.717, 1.165) is 237 Å². The van der Waals surface area contributed by atoms with E-state index in [4.69, 9.17) is 39.9 Å². The molecule has 0 saturated heterocycles. The molecule has 0 aliphatic rings. The van der Waals surface area contributed by atoms with E-state index < -0.39 is 0 Å². The topological polar surface area (TPSA) is 131 Å². The fourth-order valence-electron chi connectivity index (χ4n) is 18.2. The van der Waals surface area contributed by atoms with Gasteiger partial charge in [-0.25, -0.2) is 39.9 Å². The molecule has 127 heavy (non-hydrogen) atoms. The van der Waals surface area contributed by atoms with Gasteiger partial charge in [0.15, 0.2) is 0 Å². The molecule has 0 saturated carbocycles. The molecule has 9 heterocycles. The first-order valence-corrected chi connectivity index (χ1v) is 43.4. The summed E-state index contributed by atoms with van der Waals surface area (Å²) in [6, 6.07) is 139. The third-order valence-electron chi connectivity index (χ3n) is 24.3. The molecule has 12 heteroatoms. The second kappa shape index (κ2) is 33.0. The molecule has 0 radical (unpaired) electrons. The maximum absolute atomic E-state index is 5.28. The van der Waals surface area contributed by atoms with E-state index in [1.54, 1.807) is 0 Å². The Morgan fingerprint density at radius 3 is 0.874 bits per heavy atom. The number of hydrogen-bond acceptors (Lipinski definition) is 9. The van der Waals surface area contributed by atoms with Crippen LogP contribution in [0, 0.1) is 0 Å². The molecular weight excluding hydrogens is 1550 g/mol. The molecule has 0 bridgehead atoms. The molecule has 15 aromatic carbocycles. The van der Waals surface area contributed by atoms with Gasteiger partial charge in [-0.15, -0.1) is 0 Å². The summed E-state index contributed by atoms with van der Waals surface area (Å²) in [6.07, 6.45) is 4.31. The first kappa shape index (κ1) is 76.6. The molecule has 9 aromatic heterocycles. The van der Waals surface area contributed by atoms with Crippen molar-refractivity contribution in [1.82, 2.24) is 58.6 Å². The molecule has 12 nitrogen and oxygen atoms in total. The average molecular weight is 1630 g/mol. The number of hydrogen-bond donors (Lipinski definition) is 0. The summed E-state index contributed by atoms with van der Waals surface area (Å²) >= 11 is 0. The van der Waals surface area contributed by atoms with Gasteiger partial charge in [-0.3, -0.25) is 18.7 Å². The maximum Gasteiger partial charge on any atom is 0.114 e. The van der Waals surface area contributed by atoms with Gasteiger partial charge < -0.3 is 0 Å². The Morgan fingerprint density at radius 2 is 0.504 bits per heavy atom. The van der Waals surface area contributed by atoms with Crippen molar-refractivity contribution in [2.24, 2.45) is 0 Å². The average Bonchev–Trinajstić information content (AvgIpc) is 1.63. The highest BCUT2D eigenvalue weighted by Gasteiger charge is 2.25. The van der Waals surface area contributed by atoms with E-state index in [1.807, 2.05) is 54.7 Å². The zero-order valence-electron chi connectivity index (χ0n) is 70.2. The van der Waals surface area contributed by atoms with E-state index in [1.165, 1.54) is 16.2 Å². The first-order chi connectivity index (χ1) is 62.8. The highest BCUT2D eigenvalue weighted by Crippen LogP contribution is 2.44. The van der Waals surface area contributed by atoms with Gasteiger partial charge in [0.25, 0.3) is 0 Å². The highest BCUT2D eigenvalue weighted by molar-refractivity contribution is 6.23.